The molecule has 0 spiro atoms. The third-order valence-corrected chi connectivity index (χ3v) is 1.91. The van der Waals surface area contributed by atoms with Crippen molar-refractivity contribution in [3.63, 3.8) is 0 Å². The smallest absolute Gasteiger partial charge is 0.346 e. The molecule has 0 aliphatic carbocycles. The Morgan fingerprint density at radius 1 is 1.27 bits per heavy atom. The van der Waals surface area contributed by atoms with E-state index in [2.05, 4.69) is 11.8 Å². The van der Waals surface area contributed by atoms with Gasteiger partial charge in [0.25, 0.3) is 0 Å². The topological polar surface area (TPSA) is 86.6 Å². The van der Waals surface area contributed by atoms with E-state index >= 15 is 0 Å². The Morgan fingerprint density at radius 2 is 1.60 bits per heavy atom. The molecule has 8 heteroatoms. The summed E-state index contributed by atoms with van der Waals surface area (Å²) in [5.74, 6) is 0.329. The summed E-state index contributed by atoms with van der Waals surface area (Å²) in [5, 5.41) is 8.76. The Balaban J connectivity index is 0. The van der Waals surface area contributed by atoms with E-state index in [0.717, 1.165) is 4.24 Å². The van der Waals surface area contributed by atoms with Crippen molar-refractivity contribution in [2.24, 2.45) is 0 Å². The molecule has 0 heterocycles. The Morgan fingerprint density at radius 3 is 1.80 bits per heavy atom. The second-order valence-corrected chi connectivity index (χ2v) is 3.96. The maximum absolute atomic E-state index is 9.31. The summed E-state index contributed by atoms with van der Waals surface area (Å²) < 4.78 is 27.3. The fraction of sp³-hybridized carbons (Fsp3) is 0.143. The monoisotopic (exact) mass is 262 g/mol. The van der Waals surface area contributed by atoms with Gasteiger partial charge in [-0.05, 0) is 30.8 Å². The molecular weight excluding hydrogens is 253 g/mol. The summed E-state index contributed by atoms with van der Waals surface area (Å²) in [6.07, 6.45) is 0. The number of phenolic OH excluding ortho intramolecular Hbond substituents is 1. The number of phenols is 1. The predicted molar refractivity (Wildman–Crippen MR) is 59.1 cm³/mol. The van der Waals surface area contributed by atoms with Crippen molar-refractivity contribution >= 4 is 51.6 Å². The Hall–Kier alpha value is 0.180. The minimum atomic E-state index is -4.15. The third kappa shape index (κ3) is 12.1. The van der Waals surface area contributed by atoms with Gasteiger partial charge in [0.15, 0.2) is 0 Å². The van der Waals surface area contributed by atoms with Gasteiger partial charge in [0.2, 0.25) is 0 Å². The zero-order valence-electron chi connectivity index (χ0n) is 8.31. The molecule has 81 valence electrons. The number of benzene rings is 1. The van der Waals surface area contributed by atoms with Gasteiger partial charge in [-0.3, -0.25) is 4.55 Å². The SMILES string of the molecule is Cc1ccc(O)cc1.O=S(=O)(O)NCl.[Na]. The molecule has 0 aromatic heterocycles. The van der Waals surface area contributed by atoms with Crippen LogP contribution in [-0.2, 0) is 10.3 Å². The van der Waals surface area contributed by atoms with Gasteiger partial charge < -0.3 is 5.11 Å². The number of aryl methyl sites for hydroxylation is 1. The first-order valence-electron chi connectivity index (χ1n) is 3.45. The van der Waals surface area contributed by atoms with Crippen molar-refractivity contribution in [1.29, 1.82) is 0 Å². The van der Waals surface area contributed by atoms with Gasteiger partial charge in [-0.2, -0.15) is 8.42 Å². The van der Waals surface area contributed by atoms with Gasteiger partial charge in [0, 0.05) is 29.6 Å². The molecule has 3 N–H and O–H groups in total. The van der Waals surface area contributed by atoms with Crippen molar-refractivity contribution in [3.8, 4) is 5.75 Å². The number of nitrogens with one attached hydrogen (secondary N) is 1. The second-order valence-electron chi connectivity index (χ2n) is 2.39. The number of halogens is 1. The predicted octanol–water partition coefficient (Wildman–Crippen LogP) is 0.852. The second kappa shape index (κ2) is 8.35. The third-order valence-electron chi connectivity index (χ3n) is 1.13. The first-order valence-corrected chi connectivity index (χ1v) is 5.27. The number of hydrogen-bond acceptors (Lipinski definition) is 3. The van der Waals surface area contributed by atoms with Crippen LogP contribution in [0.2, 0.25) is 0 Å². The van der Waals surface area contributed by atoms with Crippen LogP contribution >= 0.6 is 11.8 Å². The summed E-state index contributed by atoms with van der Waals surface area (Å²) in [4.78, 5) is 0. The zero-order chi connectivity index (χ0) is 11.2. The molecule has 0 unspecified atom stereocenters. The Kier molecular flexibility index (Phi) is 9.78. The average Bonchev–Trinajstić information content (AvgIpc) is 2.10. The molecular formula is C7H10ClNNaO4S. The fourth-order valence-corrected chi connectivity index (χ4v) is 0.545. The van der Waals surface area contributed by atoms with E-state index in [9.17, 15) is 8.42 Å². The van der Waals surface area contributed by atoms with Crippen molar-refractivity contribution < 1.29 is 18.1 Å². The van der Waals surface area contributed by atoms with Gasteiger partial charge in [-0.25, -0.2) is 0 Å². The van der Waals surface area contributed by atoms with Crippen LogP contribution < -0.4 is 4.24 Å². The molecule has 0 amide bonds. The summed E-state index contributed by atoms with van der Waals surface area (Å²) in [6.45, 7) is 1.99. The molecule has 1 aromatic carbocycles. The van der Waals surface area contributed by atoms with Crippen LogP contribution in [0.3, 0.4) is 0 Å². The molecule has 1 radical (unpaired) electrons. The van der Waals surface area contributed by atoms with Crippen LogP contribution in [0.5, 0.6) is 5.75 Å². The zero-order valence-corrected chi connectivity index (χ0v) is 11.9. The van der Waals surface area contributed by atoms with E-state index in [-0.39, 0.29) is 29.6 Å². The molecule has 0 aliphatic rings. The quantitative estimate of drug-likeness (QED) is 0.398. The summed E-state index contributed by atoms with van der Waals surface area (Å²) in [5.41, 5.74) is 1.17. The fourth-order valence-electron chi connectivity index (χ4n) is 0.545. The minimum absolute atomic E-state index is 0. The Labute approximate surface area is 116 Å². The van der Waals surface area contributed by atoms with Crippen LogP contribution in [-0.4, -0.2) is 47.6 Å². The number of aromatic hydroxyl groups is 1. The van der Waals surface area contributed by atoms with Gasteiger partial charge in [0.05, 0.1) is 0 Å². The largest absolute Gasteiger partial charge is 0.508 e. The van der Waals surface area contributed by atoms with E-state index in [0.29, 0.717) is 5.75 Å². The van der Waals surface area contributed by atoms with Gasteiger partial charge >= 0.3 is 10.3 Å². The Bertz CT molecular complexity index is 346. The van der Waals surface area contributed by atoms with E-state index in [1.54, 1.807) is 12.1 Å². The van der Waals surface area contributed by atoms with Crippen LogP contribution in [0.1, 0.15) is 5.56 Å². The molecule has 15 heavy (non-hydrogen) atoms. The molecule has 1 aromatic rings. The molecule has 0 aliphatic heterocycles. The van der Waals surface area contributed by atoms with Crippen molar-refractivity contribution in [2.75, 3.05) is 0 Å². The number of hydrogen-bond donors (Lipinski definition) is 3. The number of rotatable bonds is 1. The van der Waals surface area contributed by atoms with Gasteiger partial charge in [-0.15, -0.1) is 4.24 Å². The van der Waals surface area contributed by atoms with Crippen LogP contribution in [0.25, 0.3) is 0 Å². The average molecular weight is 263 g/mol. The van der Waals surface area contributed by atoms with Gasteiger partial charge in [0.1, 0.15) is 5.75 Å². The standard InChI is InChI=1S/C7H8O.ClH2NO3S.Na/c1-6-2-4-7(8)5-3-6;1-2-6(3,4)5;/h2-5,8H,1H3;2H,(H,3,4,5);. The van der Waals surface area contributed by atoms with Crippen LogP contribution in [0.15, 0.2) is 24.3 Å². The van der Waals surface area contributed by atoms with Crippen LogP contribution in [0, 0.1) is 6.92 Å². The van der Waals surface area contributed by atoms with E-state index < -0.39 is 10.3 Å². The van der Waals surface area contributed by atoms with E-state index in [1.807, 2.05) is 19.1 Å². The molecule has 0 saturated carbocycles. The van der Waals surface area contributed by atoms with Crippen molar-refractivity contribution in [3.05, 3.63) is 29.8 Å². The summed E-state index contributed by atoms with van der Waals surface area (Å²) in [6, 6.07) is 7.09. The van der Waals surface area contributed by atoms with Crippen molar-refractivity contribution in [1.82, 2.24) is 4.24 Å². The van der Waals surface area contributed by atoms with Gasteiger partial charge in [-0.1, -0.05) is 17.7 Å². The first kappa shape index (κ1) is 17.6. The molecule has 0 atom stereocenters. The van der Waals surface area contributed by atoms with E-state index in [4.69, 9.17) is 9.66 Å². The van der Waals surface area contributed by atoms with E-state index in [1.165, 1.54) is 5.56 Å². The molecule has 1 rings (SSSR count). The molecule has 0 bridgehead atoms. The van der Waals surface area contributed by atoms with Crippen molar-refractivity contribution in [2.45, 2.75) is 6.92 Å². The van der Waals surface area contributed by atoms with Crippen LogP contribution in [0.4, 0.5) is 0 Å². The summed E-state index contributed by atoms with van der Waals surface area (Å²) >= 11 is 4.39. The minimum Gasteiger partial charge on any atom is -0.508 e. The molecule has 5 nitrogen and oxygen atoms in total. The molecule has 0 fully saturated rings. The maximum Gasteiger partial charge on any atom is 0.346 e. The first-order chi connectivity index (χ1) is 6.35. The normalized spacial score (nSPS) is 9.53. The summed E-state index contributed by atoms with van der Waals surface area (Å²) in [7, 11) is -4.15. The molecule has 0 saturated heterocycles. The maximum atomic E-state index is 9.31.